The molecule has 2 amide bonds. The lowest BCUT2D eigenvalue weighted by molar-refractivity contribution is -0.0770. The quantitative estimate of drug-likeness (QED) is 0.175. The molecule has 3 aliphatic carbocycles. The van der Waals surface area contributed by atoms with Gasteiger partial charge < -0.3 is 24.8 Å². The van der Waals surface area contributed by atoms with Crippen molar-refractivity contribution in [1.82, 2.24) is 10.2 Å². The minimum absolute atomic E-state index is 0.128. The van der Waals surface area contributed by atoms with Crippen LogP contribution in [0.4, 0.5) is 4.79 Å². The first-order chi connectivity index (χ1) is 22.0. The van der Waals surface area contributed by atoms with Crippen molar-refractivity contribution in [2.24, 2.45) is 5.41 Å². The first-order valence-corrected chi connectivity index (χ1v) is 16.9. The highest BCUT2D eigenvalue weighted by atomic mass is 16.3. The molecule has 2 aromatic carbocycles. The summed E-state index contributed by atoms with van der Waals surface area (Å²) in [5, 5.41) is 26.7. The summed E-state index contributed by atoms with van der Waals surface area (Å²) in [6.45, 7) is 9.00. The lowest BCUT2D eigenvalue weighted by Gasteiger charge is -2.46. The van der Waals surface area contributed by atoms with Crippen LogP contribution < -0.4 is 5.32 Å². The van der Waals surface area contributed by atoms with Crippen molar-refractivity contribution in [1.29, 1.82) is 0 Å². The second-order valence-corrected chi connectivity index (χ2v) is 13.8. The molecule has 1 saturated carbocycles. The van der Waals surface area contributed by atoms with E-state index < -0.39 is 17.1 Å². The van der Waals surface area contributed by atoms with Crippen LogP contribution in [0.15, 0.2) is 83.0 Å². The molecule has 0 saturated heterocycles. The predicted molar refractivity (Wildman–Crippen MR) is 181 cm³/mol. The summed E-state index contributed by atoms with van der Waals surface area (Å²) in [4.78, 5) is 29.4. The number of furan rings is 1. The fraction of sp³-hybridized carbons (Fsp3) is 0.487. The normalized spacial score (nSPS) is 25.7. The molecule has 6 rings (SSSR count). The van der Waals surface area contributed by atoms with Crippen molar-refractivity contribution in [2.75, 3.05) is 13.1 Å². The van der Waals surface area contributed by atoms with Crippen molar-refractivity contribution in [3.8, 4) is 0 Å². The molecule has 0 aliphatic heterocycles. The number of rotatable bonds is 8. The molecule has 7 heteroatoms. The molecule has 5 unspecified atom stereocenters. The maximum atomic E-state index is 13.9. The number of aliphatic hydroxyl groups is 2. The maximum Gasteiger partial charge on any atom is 0.317 e. The zero-order valence-corrected chi connectivity index (χ0v) is 27.8. The van der Waals surface area contributed by atoms with Gasteiger partial charge in [-0.05, 0) is 106 Å². The van der Waals surface area contributed by atoms with Crippen molar-refractivity contribution in [3.63, 3.8) is 0 Å². The summed E-state index contributed by atoms with van der Waals surface area (Å²) >= 11 is 0. The number of carbonyl (C=O) groups is 2. The van der Waals surface area contributed by atoms with Crippen LogP contribution >= 0.6 is 0 Å². The average molecular weight is 627 g/mol. The third kappa shape index (κ3) is 7.16. The van der Waals surface area contributed by atoms with Crippen molar-refractivity contribution >= 4 is 11.8 Å². The van der Waals surface area contributed by atoms with E-state index in [1.807, 2.05) is 62.4 Å². The summed E-state index contributed by atoms with van der Waals surface area (Å²) in [5.41, 5.74) is 2.78. The second kappa shape index (κ2) is 14.4. The van der Waals surface area contributed by atoms with Gasteiger partial charge in [-0.25, -0.2) is 4.79 Å². The van der Waals surface area contributed by atoms with Crippen LogP contribution in [0.5, 0.6) is 0 Å². The highest BCUT2D eigenvalue weighted by Gasteiger charge is 2.57. The van der Waals surface area contributed by atoms with Crippen LogP contribution in [0.1, 0.15) is 117 Å². The Hall–Kier alpha value is -3.68. The van der Waals surface area contributed by atoms with Crippen LogP contribution in [0, 0.1) is 5.41 Å². The van der Waals surface area contributed by atoms with E-state index in [1.165, 1.54) is 11.8 Å². The highest BCUT2D eigenvalue weighted by molar-refractivity contribution is 6.08. The molecular formula is C39H50N2O5. The molecule has 0 radical (unpaired) electrons. The molecule has 5 atom stereocenters. The fourth-order valence-corrected chi connectivity index (χ4v) is 7.68. The van der Waals surface area contributed by atoms with Gasteiger partial charge in [0.15, 0.2) is 5.76 Å². The van der Waals surface area contributed by atoms with E-state index in [-0.39, 0.29) is 36.1 Å². The van der Waals surface area contributed by atoms with Gasteiger partial charge in [-0.3, -0.25) is 4.79 Å². The van der Waals surface area contributed by atoms with Gasteiger partial charge in [0, 0.05) is 17.5 Å². The summed E-state index contributed by atoms with van der Waals surface area (Å²) in [5.74, 6) is -0.0532. The van der Waals surface area contributed by atoms with Gasteiger partial charge in [0.2, 0.25) is 5.78 Å². The molecule has 246 valence electrons. The van der Waals surface area contributed by atoms with Gasteiger partial charge in [0.25, 0.3) is 0 Å². The largest absolute Gasteiger partial charge is 0.461 e. The molecular weight excluding hydrogens is 576 g/mol. The predicted octanol–water partition coefficient (Wildman–Crippen LogP) is 7.73. The van der Waals surface area contributed by atoms with Crippen LogP contribution in [-0.2, 0) is 6.42 Å². The molecule has 46 heavy (non-hydrogen) atoms. The number of hydrogen-bond donors (Lipinski definition) is 3. The smallest absolute Gasteiger partial charge is 0.317 e. The first-order valence-electron chi connectivity index (χ1n) is 16.9. The number of hydrogen-bond acceptors (Lipinski definition) is 5. The van der Waals surface area contributed by atoms with E-state index in [2.05, 4.69) is 25.2 Å². The number of ketones is 1. The molecule has 0 spiro atoms. The van der Waals surface area contributed by atoms with Crippen LogP contribution in [-0.4, -0.2) is 51.7 Å². The number of benzene rings is 2. The Kier molecular flexibility index (Phi) is 10.5. The summed E-state index contributed by atoms with van der Waals surface area (Å²) in [6.07, 6.45) is 8.50. The van der Waals surface area contributed by atoms with Crippen molar-refractivity contribution in [3.05, 3.63) is 107 Å². The third-order valence-electron chi connectivity index (χ3n) is 10.5. The minimum atomic E-state index is -1.18. The summed E-state index contributed by atoms with van der Waals surface area (Å²) in [6, 6.07) is 18.9. The summed E-state index contributed by atoms with van der Waals surface area (Å²) < 4.78 is 5.55. The molecule has 3 N–H and O–H groups in total. The van der Waals surface area contributed by atoms with Gasteiger partial charge in [-0.1, -0.05) is 68.0 Å². The zero-order chi connectivity index (χ0) is 32.9. The van der Waals surface area contributed by atoms with Crippen LogP contribution in [0.2, 0.25) is 0 Å². The Balaban J connectivity index is 1.52. The standard InChI is InChI=1S/C39H50N2O5/c1-5-22-41(37(44)40-28(3)30-12-7-6-8-13-30)26-39(45)21-19-34-32-18-16-29(25-33(32)36(43)35-14-10-23-46-35)24-31(42)17-15-27(2)11-9-20-38(34,39)4/h6-8,10-14,16,18,23,25,28,31,34,42,45H,5,9,15,17,19-22,24,26H2,1-4H3,(H,40,44). The maximum absolute atomic E-state index is 13.9. The zero-order valence-electron chi connectivity index (χ0n) is 27.8. The molecule has 1 fully saturated rings. The fourth-order valence-electron chi connectivity index (χ4n) is 7.68. The number of aliphatic hydroxyl groups excluding tert-OH is 1. The van der Waals surface area contributed by atoms with Gasteiger partial charge in [-0.2, -0.15) is 0 Å². The van der Waals surface area contributed by atoms with E-state index in [1.54, 1.807) is 17.0 Å². The SMILES string of the molecule is CCCN(CC1(O)CCC2c3ccc(cc3C(=O)c3ccco3)CC(O)CCC(C)=CCCC21C)C(=O)NC(C)c1ccccc1. The van der Waals surface area contributed by atoms with E-state index in [0.717, 1.165) is 36.0 Å². The lowest BCUT2D eigenvalue weighted by Crippen LogP contribution is -2.55. The highest BCUT2D eigenvalue weighted by Crippen LogP contribution is 2.59. The minimum Gasteiger partial charge on any atom is -0.461 e. The number of allylic oxidation sites excluding steroid dienone is 2. The van der Waals surface area contributed by atoms with Gasteiger partial charge in [0.05, 0.1) is 30.6 Å². The Morgan fingerprint density at radius 2 is 1.87 bits per heavy atom. The van der Waals surface area contributed by atoms with Gasteiger partial charge in [0.1, 0.15) is 0 Å². The molecule has 2 bridgehead atoms. The Labute approximate surface area is 273 Å². The van der Waals surface area contributed by atoms with Crippen LogP contribution in [0.25, 0.3) is 0 Å². The molecule has 3 aliphatic rings. The monoisotopic (exact) mass is 626 g/mol. The lowest BCUT2D eigenvalue weighted by atomic mass is 9.64. The van der Waals surface area contributed by atoms with E-state index >= 15 is 0 Å². The van der Waals surface area contributed by atoms with Crippen molar-refractivity contribution in [2.45, 2.75) is 103 Å². The van der Waals surface area contributed by atoms with E-state index in [9.17, 15) is 19.8 Å². The van der Waals surface area contributed by atoms with E-state index in [0.29, 0.717) is 44.2 Å². The summed E-state index contributed by atoms with van der Waals surface area (Å²) in [7, 11) is 0. The van der Waals surface area contributed by atoms with Gasteiger partial charge in [-0.15, -0.1) is 0 Å². The molecule has 1 heterocycles. The number of urea groups is 1. The van der Waals surface area contributed by atoms with Gasteiger partial charge >= 0.3 is 6.03 Å². The number of amides is 2. The average Bonchev–Trinajstić information content (AvgIpc) is 3.67. The Morgan fingerprint density at radius 1 is 1.09 bits per heavy atom. The molecule has 1 aromatic heterocycles. The molecule has 7 nitrogen and oxygen atoms in total. The van der Waals surface area contributed by atoms with Crippen molar-refractivity contribution < 1.29 is 24.2 Å². The Bertz CT molecular complexity index is 1520. The topological polar surface area (TPSA) is 103 Å². The van der Waals surface area contributed by atoms with Crippen LogP contribution in [0.3, 0.4) is 0 Å². The second-order valence-electron chi connectivity index (χ2n) is 13.8. The third-order valence-corrected chi connectivity index (χ3v) is 10.5. The number of nitrogens with zero attached hydrogens (tertiary/aromatic N) is 1. The van der Waals surface area contributed by atoms with E-state index in [4.69, 9.17) is 4.42 Å². The number of nitrogens with one attached hydrogen (secondary N) is 1. The first kappa shape index (κ1) is 33.7. The Morgan fingerprint density at radius 3 is 2.59 bits per heavy atom. The molecule has 3 aromatic rings. The number of fused-ring (bicyclic) bond motifs is 8. The number of carbonyl (C=O) groups excluding carboxylic acids is 2.